The molecule has 1 unspecified atom stereocenters. The third kappa shape index (κ3) is 5.36. The summed E-state index contributed by atoms with van der Waals surface area (Å²) in [5.41, 5.74) is 2.30. The van der Waals surface area contributed by atoms with Crippen LogP contribution in [0.25, 0.3) is 5.76 Å². The molecule has 1 saturated heterocycles. The van der Waals surface area contributed by atoms with E-state index in [1.165, 1.54) is 26.0 Å². The number of hydrogen-bond acceptors (Lipinski definition) is 6. The molecule has 3 aromatic rings. The van der Waals surface area contributed by atoms with Crippen molar-refractivity contribution in [1.29, 1.82) is 0 Å². The second-order valence-corrected chi connectivity index (χ2v) is 10.3. The average Bonchev–Trinajstić information content (AvgIpc) is 3.17. The molecule has 8 nitrogen and oxygen atoms in total. The fourth-order valence-corrected chi connectivity index (χ4v) is 4.67. The summed E-state index contributed by atoms with van der Waals surface area (Å²) in [6.07, 6.45) is 0. The lowest BCUT2D eigenvalue weighted by Crippen LogP contribution is -2.29. The molecule has 0 radical (unpaired) electrons. The number of nitrogens with zero attached hydrogens (tertiary/aromatic N) is 1. The van der Waals surface area contributed by atoms with E-state index in [1.807, 2.05) is 26.8 Å². The number of anilines is 2. The molecule has 0 bridgehead atoms. The van der Waals surface area contributed by atoms with Gasteiger partial charge in [-0.15, -0.1) is 0 Å². The Labute approximate surface area is 227 Å². The van der Waals surface area contributed by atoms with E-state index in [9.17, 15) is 19.5 Å². The van der Waals surface area contributed by atoms with Crippen LogP contribution in [0.5, 0.6) is 11.5 Å². The number of benzene rings is 3. The second kappa shape index (κ2) is 10.6. The van der Waals surface area contributed by atoms with Gasteiger partial charge in [0.2, 0.25) is 5.91 Å². The van der Waals surface area contributed by atoms with Crippen LogP contribution in [0.3, 0.4) is 0 Å². The van der Waals surface area contributed by atoms with E-state index in [-0.39, 0.29) is 22.7 Å². The zero-order chi connectivity index (χ0) is 28.5. The Morgan fingerprint density at radius 2 is 1.67 bits per heavy atom. The van der Waals surface area contributed by atoms with Gasteiger partial charge in [-0.1, -0.05) is 45.0 Å². The largest absolute Gasteiger partial charge is 0.507 e. The van der Waals surface area contributed by atoms with Gasteiger partial charge in [-0.3, -0.25) is 19.3 Å². The molecule has 2 amide bonds. The summed E-state index contributed by atoms with van der Waals surface area (Å²) in [4.78, 5) is 40.2. The number of ketones is 1. The normalized spacial score (nSPS) is 16.8. The zero-order valence-electron chi connectivity index (χ0n) is 22.9. The number of carbonyl (C=O) groups excluding carboxylic acids is 3. The van der Waals surface area contributed by atoms with Crippen molar-refractivity contribution in [2.45, 2.75) is 39.2 Å². The van der Waals surface area contributed by atoms with Crippen LogP contribution in [0.15, 0.2) is 72.3 Å². The highest BCUT2D eigenvalue weighted by Crippen LogP contribution is 2.44. The zero-order valence-corrected chi connectivity index (χ0v) is 22.9. The first-order valence-corrected chi connectivity index (χ1v) is 12.5. The van der Waals surface area contributed by atoms with Crippen LogP contribution in [-0.4, -0.2) is 36.9 Å². The molecular formula is C31H32N2O6. The van der Waals surface area contributed by atoms with E-state index in [0.717, 1.165) is 5.56 Å². The fraction of sp³-hybridized carbons (Fsp3) is 0.258. The summed E-state index contributed by atoms with van der Waals surface area (Å²) in [6.45, 7) is 7.50. The van der Waals surface area contributed by atoms with Crippen molar-refractivity contribution >= 4 is 34.7 Å². The minimum Gasteiger partial charge on any atom is -0.507 e. The van der Waals surface area contributed by atoms with Gasteiger partial charge in [0.05, 0.1) is 31.4 Å². The highest BCUT2D eigenvalue weighted by molar-refractivity contribution is 6.51. The molecule has 4 rings (SSSR count). The second-order valence-electron chi connectivity index (χ2n) is 10.3. The average molecular weight is 529 g/mol. The third-order valence-electron chi connectivity index (χ3n) is 6.62. The van der Waals surface area contributed by atoms with Crippen LogP contribution in [-0.2, 0) is 19.8 Å². The Morgan fingerprint density at radius 1 is 0.949 bits per heavy atom. The Kier molecular flexibility index (Phi) is 7.49. The molecule has 1 aliphatic heterocycles. The van der Waals surface area contributed by atoms with Crippen molar-refractivity contribution < 1.29 is 29.0 Å². The Hall–Kier alpha value is -4.59. The van der Waals surface area contributed by atoms with E-state index in [4.69, 9.17) is 9.47 Å². The van der Waals surface area contributed by atoms with Crippen LogP contribution in [0.4, 0.5) is 11.4 Å². The van der Waals surface area contributed by atoms with Crippen molar-refractivity contribution in [2.24, 2.45) is 0 Å². The molecule has 0 saturated carbocycles. The van der Waals surface area contributed by atoms with Crippen LogP contribution in [0.2, 0.25) is 0 Å². The maximum atomic E-state index is 13.6. The molecule has 202 valence electrons. The Balaban J connectivity index is 1.99. The van der Waals surface area contributed by atoms with Gasteiger partial charge in [0, 0.05) is 18.3 Å². The lowest BCUT2D eigenvalue weighted by molar-refractivity contribution is -0.132. The van der Waals surface area contributed by atoms with E-state index < -0.39 is 17.7 Å². The van der Waals surface area contributed by atoms with E-state index in [1.54, 1.807) is 60.7 Å². The molecule has 3 aromatic carbocycles. The monoisotopic (exact) mass is 528 g/mol. The third-order valence-corrected chi connectivity index (χ3v) is 6.62. The summed E-state index contributed by atoms with van der Waals surface area (Å²) in [5, 5.41) is 14.4. The molecule has 39 heavy (non-hydrogen) atoms. The molecule has 1 heterocycles. The van der Waals surface area contributed by atoms with Gasteiger partial charge in [-0.05, 0) is 59.0 Å². The molecule has 1 aliphatic rings. The molecule has 0 aromatic heterocycles. The smallest absolute Gasteiger partial charge is 0.300 e. The van der Waals surface area contributed by atoms with Crippen molar-refractivity contribution in [1.82, 2.24) is 0 Å². The first kappa shape index (κ1) is 27.4. The van der Waals surface area contributed by atoms with Gasteiger partial charge in [-0.2, -0.15) is 0 Å². The summed E-state index contributed by atoms with van der Waals surface area (Å²) in [5.74, 6) is -1.38. The van der Waals surface area contributed by atoms with Crippen molar-refractivity contribution in [3.63, 3.8) is 0 Å². The van der Waals surface area contributed by atoms with Gasteiger partial charge < -0.3 is 19.9 Å². The van der Waals surface area contributed by atoms with Crippen molar-refractivity contribution in [2.75, 3.05) is 24.4 Å². The Morgan fingerprint density at radius 3 is 2.31 bits per heavy atom. The van der Waals surface area contributed by atoms with E-state index in [2.05, 4.69) is 5.32 Å². The number of Topliss-reactive ketones (excluding diaryl/α,β-unsaturated/α-hetero) is 1. The van der Waals surface area contributed by atoms with Crippen molar-refractivity contribution in [3.8, 4) is 11.5 Å². The van der Waals surface area contributed by atoms with Gasteiger partial charge in [0.15, 0.2) is 0 Å². The van der Waals surface area contributed by atoms with Crippen LogP contribution >= 0.6 is 0 Å². The summed E-state index contributed by atoms with van der Waals surface area (Å²) < 4.78 is 10.9. The maximum Gasteiger partial charge on any atom is 0.300 e. The molecule has 2 N–H and O–H groups in total. The predicted molar refractivity (Wildman–Crippen MR) is 150 cm³/mol. The number of hydrogen-bond donors (Lipinski definition) is 2. The topological polar surface area (TPSA) is 105 Å². The van der Waals surface area contributed by atoms with Gasteiger partial charge in [0.25, 0.3) is 11.7 Å². The number of amides is 2. The number of methoxy groups -OCH3 is 2. The number of aliphatic hydroxyl groups is 1. The quantitative estimate of drug-likeness (QED) is 0.246. The first-order valence-electron chi connectivity index (χ1n) is 12.5. The van der Waals surface area contributed by atoms with Gasteiger partial charge in [0.1, 0.15) is 17.3 Å². The molecule has 1 fully saturated rings. The highest BCUT2D eigenvalue weighted by Gasteiger charge is 2.47. The Bertz CT molecular complexity index is 1480. The van der Waals surface area contributed by atoms with Gasteiger partial charge >= 0.3 is 0 Å². The molecular weight excluding hydrogens is 496 g/mol. The molecule has 0 spiro atoms. The molecule has 0 aliphatic carbocycles. The fourth-order valence-electron chi connectivity index (χ4n) is 4.67. The summed E-state index contributed by atoms with van der Waals surface area (Å²) in [6, 6.07) is 18.1. The number of nitrogens with one attached hydrogen (secondary N) is 1. The van der Waals surface area contributed by atoms with Gasteiger partial charge in [-0.25, -0.2) is 0 Å². The summed E-state index contributed by atoms with van der Waals surface area (Å²) in [7, 11) is 3.00. The number of ether oxygens (including phenoxy) is 2. The van der Waals surface area contributed by atoms with E-state index >= 15 is 0 Å². The minimum absolute atomic E-state index is 0.0810. The van der Waals surface area contributed by atoms with E-state index in [0.29, 0.717) is 34.0 Å². The predicted octanol–water partition coefficient (Wildman–Crippen LogP) is 5.59. The standard InChI is InChI=1S/C31H32N2O6/c1-18(34)32-21-10-8-11-22(17-21)33-27(19-9-7-12-23(15-19)38-5)26(29(36)30(33)37)28(35)24-16-20(31(2,3)4)13-14-25(24)39-6/h7-17,27,35H,1-6H3,(H,32,34)/b28-26+. The lowest BCUT2D eigenvalue weighted by atomic mass is 9.85. The minimum atomic E-state index is -0.976. The number of rotatable bonds is 6. The molecule has 1 atom stereocenters. The van der Waals surface area contributed by atoms with Crippen LogP contribution < -0.4 is 19.7 Å². The lowest BCUT2D eigenvalue weighted by Gasteiger charge is -2.26. The summed E-state index contributed by atoms with van der Waals surface area (Å²) >= 11 is 0. The SMILES string of the molecule is COc1cccc(C2/C(=C(\O)c3cc(C(C)(C)C)ccc3OC)C(=O)C(=O)N2c2cccc(NC(C)=O)c2)c1. The van der Waals surface area contributed by atoms with Crippen LogP contribution in [0, 0.1) is 0 Å². The number of carbonyl (C=O) groups is 3. The van der Waals surface area contributed by atoms with Crippen LogP contribution in [0.1, 0.15) is 50.4 Å². The highest BCUT2D eigenvalue weighted by atomic mass is 16.5. The number of aliphatic hydroxyl groups excluding tert-OH is 1. The first-order chi connectivity index (χ1) is 18.5. The maximum absolute atomic E-state index is 13.6. The molecule has 8 heteroatoms. The van der Waals surface area contributed by atoms with Crippen molar-refractivity contribution in [3.05, 3.63) is 89.0 Å².